The van der Waals surface area contributed by atoms with E-state index in [1.807, 2.05) is 11.0 Å². The zero-order valence-corrected chi connectivity index (χ0v) is 11.0. The fourth-order valence-electron chi connectivity index (χ4n) is 1.89. The summed E-state index contributed by atoms with van der Waals surface area (Å²) in [5, 5.41) is 0.426. The number of nitrogens with zero attached hydrogens (tertiary/aromatic N) is 1. The Bertz CT molecular complexity index is 387. The topological polar surface area (TPSA) is 20.3 Å². The maximum atomic E-state index is 11.8. The third-order valence-electron chi connectivity index (χ3n) is 2.86. The van der Waals surface area contributed by atoms with E-state index >= 15 is 0 Å². The van der Waals surface area contributed by atoms with Gasteiger partial charge in [0.1, 0.15) is 0 Å². The standard InChI is InChI=1S/C13H16BrNO/c1-10-3-2-4-11(7-10)9-15(12-5-6-12)13(16)8-14/h2-4,7,12H,5-6,8-9H2,1H3. The Kier molecular flexibility index (Phi) is 3.64. The van der Waals surface area contributed by atoms with Crippen LogP contribution in [-0.2, 0) is 11.3 Å². The van der Waals surface area contributed by atoms with E-state index < -0.39 is 0 Å². The van der Waals surface area contributed by atoms with E-state index in [1.54, 1.807) is 0 Å². The summed E-state index contributed by atoms with van der Waals surface area (Å²) in [6.45, 7) is 2.83. The second-order valence-corrected chi connectivity index (χ2v) is 4.94. The number of hydrogen-bond acceptors (Lipinski definition) is 1. The summed E-state index contributed by atoms with van der Waals surface area (Å²) in [6, 6.07) is 8.84. The third kappa shape index (κ3) is 2.85. The molecule has 0 aliphatic heterocycles. The van der Waals surface area contributed by atoms with Crippen molar-refractivity contribution in [1.29, 1.82) is 0 Å². The average Bonchev–Trinajstić information content (AvgIpc) is 3.09. The Hall–Kier alpha value is -0.830. The van der Waals surface area contributed by atoms with Crippen molar-refractivity contribution >= 4 is 21.8 Å². The number of carbonyl (C=O) groups is 1. The van der Waals surface area contributed by atoms with Crippen LogP contribution in [0, 0.1) is 6.92 Å². The molecule has 0 saturated heterocycles. The first kappa shape index (κ1) is 11.6. The molecule has 0 N–H and O–H groups in total. The molecule has 1 saturated carbocycles. The largest absolute Gasteiger partial charge is 0.335 e. The smallest absolute Gasteiger partial charge is 0.233 e. The van der Waals surface area contributed by atoms with Gasteiger partial charge in [-0.3, -0.25) is 4.79 Å². The zero-order valence-electron chi connectivity index (χ0n) is 9.45. The molecule has 16 heavy (non-hydrogen) atoms. The van der Waals surface area contributed by atoms with Gasteiger partial charge in [0.15, 0.2) is 0 Å². The van der Waals surface area contributed by atoms with E-state index in [2.05, 4.69) is 41.1 Å². The van der Waals surface area contributed by atoms with E-state index in [0.717, 1.165) is 19.4 Å². The van der Waals surface area contributed by atoms with Gasteiger partial charge in [-0.1, -0.05) is 45.8 Å². The number of rotatable bonds is 4. The molecule has 86 valence electrons. The Morgan fingerprint density at radius 3 is 2.81 bits per heavy atom. The van der Waals surface area contributed by atoms with Gasteiger partial charge in [0.2, 0.25) is 5.91 Å². The summed E-state index contributed by atoms with van der Waals surface area (Å²) in [5.41, 5.74) is 2.47. The van der Waals surface area contributed by atoms with Crippen LogP contribution >= 0.6 is 15.9 Å². The van der Waals surface area contributed by atoms with Crippen LogP contribution in [0.4, 0.5) is 0 Å². The van der Waals surface area contributed by atoms with Crippen LogP contribution in [0.2, 0.25) is 0 Å². The summed E-state index contributed by atoms with van der Waals surface area (Å²) in [6.07, 6.45) is 2.31. The fourth-order valence-corrected chi connectivity index (χ4v) is 2.21. The van der Waals surface area contributed by atoms with E-state index in [9.17, 15) is 4.79 Å². The van der Waals surface area contributed by atoms with E-state index in [1.165, 1.54) is 11.1 Å². The zero-order chi connectivity index (χ0) is 11.5. The van der Waals surface area contributed by atoms with Gasteiger partial charge in [-0.15, -0.1) is 0 Å². The van der Waals surface area contributed by atoms with Crippen molar-refractivity contribution < 1.29 is 4.79 Å². The molecule has 3 heteroatoms. The Balaban J connectivity index is 2.08. The molecule has 1 aliphatic rings. The molecule has 0 unspecified atom stereocenters. The van der Waals surface area contributed by atoms with Crippen LogP contribution in [0.1, 0.15) is 24.0 Å². The summed E-state index contributed by atoms with van der Waals surface area (Å²) < 4.78 is 0. The summed E-state index contributed by atoms with van der Waals surface area (Å²) in [5.74, 6) is 0.198. The van der Waals surface area contributed by atoms with Gasteiger partial charge in [-0.05, 0) is 25.3 Å². The highest BCUT2D eigenvalue weighted by atomic mass is 79.9. The maximum Gasteiger partial charge on any atom is 0.233 e. The molecular formula is C13H16BrNO. The number of halogens is 1. The minimum Gasteiger partial charge on any atom is -0.335 e. The molecule has 0 spiro atoms. The lowest BCUT2D eigenvalue weighted by atomic mass is 10.1. The molecule has 1 aromatic rings. The molecule has 1 amide bonds. The average molecular weight is 282 g/mol. The predicted molar refractivity (Wildman–Crippen MR) is 68.5 cm³/mol. The van der Waals surface area contributed by atoms with Crippen LogP contribution in [0.25, 0.3) is 0 Å². The van der Waals surface area contributed by atoms with Crippen LogP contribution in [0.3, 0.4) is 0 Å². The molecular weight excluding hydrogens is 266 g/mol. The second kappa shape index (κ2) is 5.00. The molecule has 1 fully saturated rings. The molecule has 2 nitrogen and oxygen atoms in total. The molecule has 1 aromatic carbocycles. The van der Waals surface area contributed by atoms with Crippen molar-refractivity contribution in [3.05, 3.63) is 35.4 Å². The van der Waals surface area contributed by atoms with E-state index in [-0.39, 0.29) is 5.91 Å². The highest BCUT2D eigenvalue weighted by Gasteiger charge is 2.31. The molecule has 0 radical (unpaired) electrons. The normalized spacial score (nSPS) is 14.9. The van der Waals surface area contributed by atoms with Gasteiger partial charge in [0.25, 0.3) is 0 Å². The maximum absolute atomic E-state index is 11.8. The summed E-state index contributed by atoms with van der Waals surface area (Å²) in [7, 11) is 0. The van der Waals surface area contributed by atoms with Crippen molar-refractivity contribution in [3.8, 4) is 0 Å². The molecule has 0 atom stereocenters. The van der Waals surface area contributed by atoms with Gasteiger partial charge in [-0.2, -0.15) is 0 Å². The Morgan fingerprint density at radius 1 is 1.50 bits per heavy atom. The van der Waals surface area contributed by atoms with Crippen LogP contribution in [0.15, 0.2) is 24.3 Å². The Morgan fingerprint density at radius 2 is 2.25 bits per heavy atom. The van der Waals surface area contributed by atoms with Crippen molar-refractivity contribution in [2.24, 2.45) is 0 Å². The second-order valence-electron chi connectivity index (χ2n) is 4.38. The first-order valence-electron chi connectivity index (χ1n) is 5.61. The quantitative estimate of drug-likeness (QED) is 0.778. The summed E-state index contributed by atoms with van der Waals surface area (Å²) in [4.78, 5) is 13.8. The molecule has 0 aromatic heterocycles. The lowest BCUT2D eigenvalue weighted by Crippen LogP contribution is -2.33. The van der Waals surface area contributed by atoms with Gasteiger partial charge in [0, 0.05) is 12.6 Å². The number of alkyl halides is 1. The fraction of sp³-hybridized carbons (Fsp3) is 0.462. The minimum absolute atomic E-state index is 0.198. The van der Waals surface area contributed by atoms with Gasteiger partial charge >= 0.3 is 0 Å². The number of carbonyl (C=O) groups excluding carboxylic acids is 1. The minimum atomic E-state index is 0.198. The molecule has 1 aliphatic carbocycles. The highest BCUT2D eigenvalue weighted by molar-refractivity contribution is 9.09. The van der Waals surface area contributed by atoms with Crippen molar-refractivity contribution in [2.75, 3.05) is 5.33 Å². The van der Waals surface area contributed by atoms with Gasteiger partial charge < -0.3 is 4.90 Å². The van der Waals surface area contributed by atoms with Crippen LogP contribution in [-0.4, -0.2) is 22.2 Å². The van der Waals surface area contributed by atoms with Crippen molar-refractivity contribution in [1.82, 2.24) is 4.90 Å². The van der Waals surface area contributed by atoms with Gasteiger partial charge in [0.05, 0.1) is 5.33 Å². The van der Waals surface area contributed by atoms with Crippen LogP contribution < -0.4 is 0 Å². The third-order valence-corrected chi connectivity index (χ3v) is 3.34. The highest BCUT2D eigenvalue weighted by Crippen LogP contribution is 2.28. The number of hydrogen-bond donors (Lipinski definition) is 0. The number of benzene rings is 1. The SMILES string of the molecule is Cc1cccc(CN(C(=O)CBr)C2CC2)c1. The van der Waals surface area contributed by atoms with Crippen LogP contribution in [0.5, 0.6) is 0 Å². The molecule has 0 bridgehead atoms. The molecule has 2 rings (SSSR count). The summed E-state index contributed by atoms with van der Waals surface area (Å²) >= 11 is 3.25. The number of amides is 1. The van der Waals surface area contributed by atoms with E-state index in [0.29, 0.717) is 11.4 Å². The lowest BCUT2D eigenvalue weighted by molar-refractivity contribution is -0.129. The van der Waals surface area contributed by atoms with Gasteiger partial charge in [-0.25, -0.2) is 0 Å². The number of aryl methyl sites for hydroxylation is 1. The van der Waals surface area contributed by atoms with E-state index in [4.69, 9.17) is 0 Å². The van der Waals surface area contributed by atoms with Crippen molar-refractivity contribution in [2.45, 2.75) is 32.4 Å². The first-order chi connectivity index (χ1) is 7.70. The van der Waals surface area contributed by atoms with Crippen molar-refractivity contribution in [3.63, 3.8) is 0 Å². The first-order valence-corrected chi connectivity index (χ1v) is 6.74. The Labute approximate surface area is 105 Å². The predicted octanol–water partition coefficient (Wildman–Crippen LogP) is 2.88. The molecule has 0 heterocycles. The monoisotopic (exact) mass is 281 g/mol. The lowest BCUT2D eigenvalue weighted by Gasteiger charge is -2.21.